The van der Waals surface area contributed by atoms with Crippen LogP contribution >= 0.6 is 0 Å². The van der Waals surface area contributed by atoms with E-state index in [9.17, 15) is 24.9 Å². The molecule has 0 radical (unpaired) electrons. The van der Waals surface area contributed by atoms with Gasteiger partial charge >= 0.3 is 0 Å². The number of aliphatic hydroxyl groups excluding tert-OH is 3. The van der Waals surface area contributed by atoms with E-state index in [1.807, 2.05) is 4.90 Å². The average Bonchev–Trinajstić information content (AvgIpc) is 1.30. The van der Waals surface area contributed by atoms with Crippen molar-refractivity contribution in [1.29, 1.82) is 0 Å². The summed E-state index contributed by atoms with van der Waals surface area (Å²) in [4.78, 5) is 24.4. The molecule has 18 bridgehead atoms. The number of primary amides is 1. The molecule has 10 saturated heterocycles. The van der Waals surface area contributed by atoms with Crippen LogP contribution in [0.1, 0.15) is 491 Å². The number of fused-ring (bicyclic) bond motifs is 12. The van der Waals surface area contributed by atoms with E-state index in [2.05, 4.69) is 208 Å². The van der Waals surface area contributed by atoms with E-state index >= 15 is 0 Å². The largest absolute Gasteiger partial charge is 0.396 e. The molecule has 0 aromatic heterocycles. The fraction of sp³-hybridized carbons (Fsp3) is 0.985. The van der Waals surface area contributed by atoms with Crippen molar-refractivity contribution in [3.05, 3.63) is 0 Å². The van der Waals surface area contributed by atoms with Crippen molar-refractivity contribution in [2.75, 3.05) is 39.5 Å². The van der Waals surface area contributed by atoms with Crippen molar-refractivity contribution in [2.45, 2.75) is 551 Å². The summed E-state index contributed by atoms with van der Waals surface area (Å²) in [7, 11) is 0. The lowest BCUT2D eigenvalue weighted by molar-refractivity contribution is -0.230. The normalized spacial score (nSPS) is 45.1. The molecule has 3 spiro atoms. The maximum absolute atomic E-state index is 11.2. The van der Waals surface area contributed by atoms with Crippen LogP contribution in [0.2, 0.25) is 0 Å². The number of hydrogen-bond donors (Lipinski definition) is 4. The second-order valence-electron chi connectivity index (χ2n) is 63.5. The number of amides is 2. The first-order chi connectivity index (χ1) is 70.3. The minimum atomic E-state index is -0.188. The molecule has 2 amide bonds. The molecule has 27 unspecified atom stereocenters. The standard InChI is InChI=1S/C14H24.C12H21NO.C12H22.C11H20O2.C11H20O.C11H20.C10H17NO2.C10H18O2.C10H18.C9H16O2.C9H16O.C9H16.C8H14/c1-10(2)14-7-11-4-12(8-14)6-13(3,5-11)9-14;1-9(2)11-8-12(11)4-6-13(7-5-12)10(3)14;1-8(2)10-6-11-4-9(3)5-12(11)7-10;1-9(2)10-5-3-4-6-11(10)12-7-8-13-11;1-7(2)11-9-4-3-8(5-9)10(11)6-12;1-8(2)10-6-11(7-10)4-9(3)5-11;1-5(2)8-6-3-4-7(13-6)9(8)10(11)12;1-6(2)10-7(5-11)8-3-4-9(10)12-8;1-4-9-5-10(6-9,7-9)8(2)3;1-5(2)6-3-9-7(10)4-8(6)11-9;1-6(2)8-5-7-3-4-9(8)10-7;1-6(2)9-7-4-3-5-8(7)9;1-6(2)8-3-7(4-8)5-8/h10-12H,4-9H2,1-3H3;9,11H,4-8H2,1-3H3;8-12H,4-7H2,1-3H3;9-10H,3-8H2,1-2H3;7-12H,3-6H2,1-2H3;8-10H,4-7H2,1-3H3;5-9H,3-4H2,1-2H3,(H2,11,12);6-11H,3-5H2,1-2H3;8H,4-7H2,1-3H3;5-10H,3-4H2,1-2H3;6-9H,3-5H2,1-2H3;6-9H,3-5H2,1-2H3;6-7H,3-5H2,1-2H3. The Balaban J connectivity index is 0.000000121. The molecule has 30 rings (SSSR count). The summed E-state index contributed by atoms with van der Waals surface area (Å²) in [6.45, 7) is 76.2. The molecule has 30 fully saturated rings. The number of nitrogens with zero attached hydrogens (tertiary/aromatic N) is 1. The number of hydrogen-bond acceptors (Lipinski definition) is 11. The van der Waals surface area contributed by atoms with E-state index in [1.54, 1.807) is 122 Å². The van der Waals surface area contributed by atoms with Crippen LogP contribution in [0.25, 0.3) is 0 Å². The van der Waals surface area contributed by atoms with E-state index in [0.29, 0.717) is 114 Å². The molecule has 862 valence electrons. The average molecular weight is 2080 g/mol. The van der Waals surface area contributed by atoms with Gasteiger partial charge in [0.05, 0.1) is 74.1 Å². The molecule has 13 heteroatoms. The molecular weight excluding hydrogens is 1840 g/mol. The van der Waals surface area contributed by atoms with Gasteiger partial charge in [-0.25, -0.2) is 0 Å². The highest BCUT2D eigenvalue weighted by Gasteiger charge is 2.68. The van der Waals surface area contributed by atoms with Crippen LogP contribution in [0.4, 0.5) is 0 Å². The highest BCUT2D eigenvalue weighted by atomic mass is 16.7. The second-order valence-corrected chi connectivity index (χ2v) is 63.5. The number of likely N-dealkylation sites (tertiary alicyclic amines) is 1. The van der Waals surface area contributed by atoms with Gasteiger partial charge < -0.3 is 54.4 Å². The molecule has 0 aromatic rings. The molecule has 0 aromatic carbocycles. The van der Waals surface area contributed by atoms with E-state index in [-0.39, 0.29) is 41.8 Å². The van der Waals surface area contributed by atoms with E-state index in [1.165, 1.54) is 140 Å². The molecule has 10 heterocycles. The zero-order valence-corrected chi connectivity index (χ0v) is 103. The van der Waals surface area contributed by atoms with Crippen molar-refractivity contribution < 1.29 is 53.3 Å². The molecule has 5 N–H and O–H groups in total. The molecule has 30 aliphatic rings. The van der Waals surface area contributed by atoms with E-state index in [4.69, 9.17) is 34.2 Å². The summed E-state index contributed by atoms with van der Waals surface area (Å²) in [6, 6.07) is 0. The van der Waals surface area contributed by atoms with Gasteiger partial charge in [-0.05, 0) is 477 Å². The Morgan fingerprint density at radius 2 is 0.886 bits per heavy atom. The summed E-state index contributed by atoms with van der Waals surface area (Å²) in [5.41, 5.74) is 11.0. The Morgan fingerprint density at radius 1 is 0.383 bits per heavy atom. The molecule has 10 aliphatic heterocycles. The van der Waals surface area contributed by atoms with Crippen LogP contribution < -0.4 is 5.73 Å². The number of nitrogens with two attached hydrogens (primary N) is 1. The Morgan fingerprint density at radius 3 is 1.28 bits per heavy atom. The van der Waals surface area contributed by atoms with Crippen molar-refractivity contribution >= 4 is 11.8 Å². The van der Waals surface area contributed by atoms with E-state index in [0.717, 1.165) is 233 Å². The first-order valence-electron chi connectivity index (χ1n) is 65.6. The third-order valence-electron chi connectivity index (χ3n) is 49.3. The maximum Gasteiger partial charge on any atom is 0.223 e. The number of piperidine rings is 1. The number of ether oxygens (including phenoxy) is 6. The zero-order valence-electron chi connectivity index (χ0n) is 103. The summed E-state index contributed by atoms with van der Waals surface area (Å²) in [5, 5.41) is 27.9. The van der Waals surface area contributed by atoms with Crippen LogP contribution in [0, 0.1) is 257 Å². The fourth-order valence-electron chi connectivity index (χ4n) is 40.8. The topological polar surface area (TPSA) is 179 Å². The van der Waals surface area contributed by atoms with Gasteiger partial charge in [-0.3, -0.25) is 9.59 Å². The quantitative estimate of drug-likeness (QED) is 0.109. The first kappa shape index (κ1) is 121. The van der Waals surface area contributed by atoms with Crippen LogP contribution in [-0.2, 0) is 38.0 Å². The summed E-state index contributed by atoms with van der Waals surface area (Å²) >= 11 is 0. The summed E-state index contributed by atoms with van der Waals surface area (Å²) < 4.78 is 34.5. The van der Waals surface area contributed by atoms with Gasteiger partial charge in [0.15, 0.2) is 5.79 Å². The van der Waals surface area contributed by atoms with Crippen LogP contribution in [0.5, 0.6) is 0 Å². The third-order valence-corrected chi connectivity index (χ3v) is 49.3. The summed E-state index contributed by atoms with van der Waals surface area (Å²) in [5.74, 6) is 31.6. The van der Waals surface area contributed by atoms with Gasteiger partial charge in [0.2, 0.25) is 11.8 Å². The molecule has 149 heavy (non-hydrogen) atoms. The number of rotatable bonds is 17. The highest BCUT2D eigenvalue weighted by Crippen LogP contribution is 2.78. The predicted molar refractivity (Wildman–Crippen MR) is 616 cm³/mol. The lowest BCUT2D eigenvalue weighted by Crippen LogP contribution is -2.63. The lowest BCUT2D eigenvalue weighted by atomic mass is 9.32. The molecular formula is C136H242N2O11. The zero-order chi connectivity index (χ0) is 108. The third kappa shape index (κ3) is 27.4. The van der Waals surface area contributed by atoms with Gasteiger partial charge in [0, 0.05) is 63.8 Å². The lowest BCUT2D eigenvalue weighted by Gasteiger charge is -2.73. The van der Waals surface area contributed by atoms with Crippen LogP contribution in [-0.4, -0.2) is 132 Å². The Kier molecular flexibility index (Phi) is 41.0. The minimum absolute atomic E-state index is 0.0289. The van der Waals surface area contributed by atoms with Crippen molar-refractivity contribution in [2.24, 2.45) is 263 Å². The van der Waals surface area contributed by atoms with Gasteiger partial charge in [0.1, 0.15) is 0 Å². The predicted octanol–water partition coefficient (Wildman–Crippen LogP) is 32.7. The van der Waals surface area contributed by atoms with Gasteiger partial charge in [-0.1, -0.05) is 227 Å². The monoisotopic (exact) mass is 2080 g/mol. The maximum atomic E-state index is 11.2. The Hall–Kier alpha value is -1.42. The van der Waals surface area contributed by atoms with Gasteiger partial charge in [-0.15, -0.1) is 0 Å². The molecule has 20 aliphatic carbocycles. The van der Waals surface area contributed by atoms with E-state index < -0.39 is 0 Å². The van der Waals surface area contributed by atoms with Crippen LogP contribution in [0.3, 0.4) is 0 Å². The number of carbonyl (C=O) groups excluding carboxylic acids is 2. The molecule has 27 atom stereocenters. The van der Waals surface area contributed by atoms with Crippen molar-refractivity contribution in [1.82, 2.24) is 4.90 Å². The Bertz CT molecular complexity index is 3970. The number of aliphatic hydroxyl groups is 3. The fourth-order valence-corrected chi connectivity index (χ4v) is 40.8. The van der Waals surface area contributed by atoms with Crippen molar-refractivity contribution in [3.8, 4) is 0 Å². The second kappa shape index (κ2) is 50.3. The highest BCUT2D eigenvalue weighted by molar-refractivity contribution is 5.78. The minimum Gasteiger partial charge on any atom is -0.396 e. The van der Waals surface area contributed by atoms with Gasteiger partial charge in [0.25, 0.3) is 0 Å². The SMILES string of the molecule is CC(=O)N1CCC2(CC1)CC2C(C)C.CC(C)C12CC(C1)C2.CC(C)C12CC3CC(CC(C)(C3)C1)C2.CC(C)C1C2CCC(C2)C1CO.CC(C)C1C2CCC(O2)C1C(N)=O.CC(C)C1C2CCC(O2)C1CO.CC(C)C1C2CCCC21.CC(C)C1CC2CCC1O2.CC(C)C1CC2OC1CC2O.CC(C)C1CCCCC12OCCO2.CC1CC2(C1)CC(C(C)C)C2.CC1CC2CC(C(C)C)CC2C1.CCC12CC(C(C)C)(C1)C2. The van der Waals surface area contributed by atoms with Crippen LogP contribution in [0.15, 0.2) is 0 Å². The Labute approximate surface area is 917 Å². The summed E-state index contributed by atoms with van der Waals surface area (Å²) in [6.07, 6.45) is 63.5. The number of carbonyl (C=O) groups is 2. The first-order valence-corrected chi connectivity index (χ1v) is 65.6. The molecule has 13 nitrogen and oxygen atoms in total. The molecule has 20 saturated carbocycles. The smallest absolute Gasteiger partial charge is 0.223 e. The van der Waals surface area contributed by atoms with Crippen molar-refractivity contribution in [3.63, 3.8) is 0 Å². The van der Waals surface area contributed by atoms with Gasteiger partial charge in [-0.2, -0.15) is 0 Å².